The second-order valence-corrected chi connectivity index (χ2v) is 7.04. The minimum atomic E-state index is -3.66. The van der Waals surface area contributed by atoms with Gasteiger partial charge in [0.1, 0.15) is 5.75 Å². The summed E-state index contributed by atoms with van der Waals surface area (Å²) in [6.45, 7) is 1.80. The summed E-state index contributed by atoms with van der Waals surface area (Å²) in [6, 6.07) is 9.76. The van der Waals surface area contributed by atoms with E-state index >= 15 is 0 Å². The van der Waals surface area contributed by atoms with Crippen molar-refractivity contribution in [1.29, 1.82) is 0 Å². The first kappa shape index (κ1) is 16.3. The van der Waals surface area contributed by atoms with Crippen LogP contribution in [0.1, 0.15) is 11.1 Å². The van der Waals surface area contributed by atoms with Crippen LogP contribution in [0.4, 0.5) is 0 Å². The fourth-order valence-corrected chi connectivity index (χ4v) is 3.66. The lowest BCUT2D eigenvalue weighted by Crippen LogP contribution is -2.24. The van der Waals surface area contributed by atoms with E-state index in [-0.39, 0.29) is 11.4 Å². The van der Waals surface area contributed by atoms with Crippen LogP contribution in [-0.4, -0.2) is 20.5 Å². The van der Waals surface area contributed by atoms with Crippen LogP contribution in [0.3, 0.4) is 0 Å². The third kappa shape index (κ3) is 3.19. The van der Waals surface area contributed by atoms with Crippen LogP contribution in [0.5, 0.6) is 5.75 Å². The average Bonchev–Trinajstić information content (AvgIpc) is 2.91. The molecule has 7 nitrogen and oxygen atoms in total. The van der Waals surface area contributed by atoms with Crippen LogP contribution in [0.25, 0.3) is 11.1 Å². The van der Waals surface area contributed by atoms with Gasteiger partial charge in [-0.25, -0.2) is 17.9 Å². The van der Waals surface area contributed by atoms with Crippen LogP contribution in [-0.2, 0) is 16.6 Å². The Bertz CT molecular complexity index is 1050. The number of hydrogen-bond donors (Lipinski definition) is 2. The zero-order chi connectivity index (χ0) is 17.3. The minimum Gasteiger partial charge on any atom is -0.497 e. The van der Waals surface area contributed by atoms with Gasteiger partial charge in [-0.3, -0.25) is 4.98 Å². The largest absolute Gasteiger partial charge is 0.497 e. The molecule has 1 aromatic heterocycles. The Hall–Kier alpha value is -2.58. The number of aromatic nitrogens is 1. The molecule has 0 bridgehead atoms. The maximum Gasteiger partial charge on any atom is 0.417 e. The molecule has 0 saturated carbocycles. The van der Waals surface area contributed by atoms with Gasteiger partial charge in [0, 0.05) is 6.54 Å². The summed E-state index contributed by atoms with van der Waals surface area (Å²) in [5.74, 6) is 0.0532. The number of sulfonamides is 1. The predicted octanol–water partition coefficient (Wildman–Crippen LogP) is 1.92. The smallest absolute Gasteiger partial charge is 0.417 e. The zero-order valence-corrected chi connectivity index (χ0v) is 13.9. The molecule has 0 fully saturated rings. The Morgan fingerprint density at radius 3 is 2.71 bits per heavy atom. The summed E-state index contributed by atoms with van der Waals surface area (Å²) in [6.07, 6.45) is 0. The van der Waals surface area contributed by atoms with Gasteiger partial charge in [0.15, 0.2) is 5.58 Å². The van der Waals surface area contributed by atoms with E-state index in [0.29, 0.717) is 28.0 Å². The van der Waals surface area contributed by atoms with Crippen molar-refractivity contribution < 1.29 is 17.6 Å². The van der Waals surface area contributed by atoms with Crippen molar-refractivity contribution >= 4 is 21.1 Å². The molecule has 0 radical (unpaired) electrons. The second-order valence-electron chi connectivity index (χ2n) is 5.30. The lowest BCUT2D eigenvalue weighted by Gasteiger charge is -2.10. The molecule has 8 heteroatoms. The van der Waals surface area contributed by atoms with E-state index in [0.717, 1.165) is 0 Å². The molecule has 0 aliphatic rings. The Balaban J connectivity index is 1.82. The Morgan fingerprint density at radius 1 is 1.21 bits per heavy atom. The zero-order valence-electron chi connectivity index (χ0n) is 13.1. The highest BCUT2D eigenvalue weighted by Crippen LogP contribution is 2.21. The van der Waals surface area contributed by atoms with Crippen molar-refractivity contribution in [3.05, 3.63) is 58.1 Å². The number of benzene rings is 2. The molecule has 2 N–H and O–H groups in total. The molecule has 126 valence electrons. The average molecular weight is 348 g/mol. The van der Waals surface area contributed by atoms with Gasteiger partial charge in [0.25, 0.3) is 0 Å². The Morgan fingerprint density at radius 2 is 2.00 bits per heavy atom. The molecule has 3 aromatic rings. The summed E-state index contributed by atoms with van der Waals surface area (Å²) in [5.41, 5.74) is 2.25. The molecule has 3 rings (SSSR count). The minimum absolute atomic E-state index is 0.0942. The molecule has 1 heterocycles. The highest BCUT2D eigenvalue weighted by Gasteiger charge is 2.17. The fraction of sp³-hybridized carbons (Fsp3) is 0.188. The fourth-order valence-electron chi connectivity index (χ4n) is 2.42. The number of nitrogens with one attached hydrogen (secondary N) is 2. The third-order valence-electron chi connectivity index (χ3n) is 3.62. The highest BCUT2D eigenvalue weighted by atomic mass is 32.2. The number of aryl methyl sites for hydroxylation is 1. The molecule has 0 amide bonds. The maximum atomic E-state index is 12.5. The van der Waals surface area contributed by atoms with Gasteiger partial charge < -0.3 is 9.15 Å². The predicted molar refractivity (Wildman–Crippen MR) is 88.6 cm³/mol. The van der Waals surface area contributed by atoms with Crippen LogP contribution >= 0.6 is 0 Å². The topological polar surface area (TPSA) is 101 Å². The third-order valence-corrected chi connectivity index (χ3v) is 5.18. The lowest BCUT2D eigenvalue weighted by atomic mass is 10.2. The van der Waals surface area contributed by atoms with Crippen molar-refractivity contribution in [2.75, 3.05) is 7.11 Å². The quantitative estimate of drug-likeness (QED) is 0.733. The summed E-state index contributed by atoms with van der Waals surface area (Å²) in [5, 5.41) is 0. The van der Waals surface area contributed by atoms with E-state index in [2.05, 4.69) is 9.71 Å². The number of H-pyrrole nitrogens is 1. The standard InChI is InChI=1S/C16H16N2O5S/c1-10-7-12(22-2)4-6-15(10)24(20,21)17-9-11-3-5-14-13(8-11)18-16(19)23-14/h3-8,17H,9H2,1-2H3,(H,18,19). The van der Waals surface area contributed by atoms with Gasteiger partial charge in [0.05, 0.1) is 17.5 Å². The lowest BCUT2D eigenvalue weighted by molar-refractivity contribution is 0.414. The van der Waals surface area contributed by atoms with Gasteiger partial charge in [-0.15, -0.1) is 0 Å². The van der Waals surface area contributed by atoms with Gasteiger partial charge >= 0.3 is 5.76 Å². The van der Waals surface area contributed by atoms with Crippen molar-refractivity contribution in [3.8, 4) is 5.75 Å². The van der Waals surface area contributed by atoms with E-state index in [4.69, 9.17) is 9.15 Å². The van der Waals surface area contributed by atoms with Gasteiger partial charge in [-0.05, 0) is 48.4 Å². The second kappa shape index (κ2) is 6.14. The first-order valence-corrected chi connectivity index (χ1v) is 8.63. The number of fused-ring (bicyclic) bond motifs is 1. The number of oxazole rings is 1. The van der Waals surface area contributed by atoms with Crippen molar-refractivity contribution in [2.24, 2.45) is 0 Å². The van der Waals surface area contributed by atoms with E-state index in [1.165, 1.54) is 13.2 Å². The first-order valence-electron chi connectivity index (χ1n) is 7.15. The normalized spacial score (nSPS) is 11.8. The van der Waals surface area contributed by atoms with Gasteiger partial charge in [-0.2, -0.15) is 0 Å². The summed E-state index contributed by atoms with van der Waals surface area (Å²) in [4.78, 5) is 13.9. The molecule has 2 aromatic carbocycles. The monoisotopic (exact) mass is 348 g/mol. The van der Waals surface area contributed by atoms with Crippen molar-refractivity contribution in [1.82, 2.24) is 9.71 Å². The van der Waals surface area contributed by atoms with Crippen LogP contribution in [0.2, 0.25) is 0 Å². The molecule has 0 aliphatic carbocycles. The van der Waals surface area contributed by atoms with E-state index in [1.54, 1.807) is 37.3 Å². The summed E-state index contributed by atoms with van der Waals surface area (Å²) >= 11 is 0. The van der Waals surface area contributed by atoms with Crippen LogP contribution < -0.4 is 15.2 Å². The van der Waals surface area contributed by atoms with Crippen molar-refractivity contribution in [2.45, 2.75) is 18.4 Å². The van der Waals surface area contributed by atoms with Crippen LogP contribution in [0.15, 0.2) is 50.5 Å². The number of ether oxygens (including phenoxy) is 1. The summed E-state index contributed by atoms with van der Waals surface area (Å²) < 4.78 is 37.5. The van der Waals surface area contributed by atoms with Gasteiger partial charge in [-0.1, -0.05) is 6.07 Å². The molecule has 0 atom stereocenters. The highest BCUT2D eigenvalue weighted by molar-refractivity contribution is 7.89. The van der Waals surface area contributed by atoms with Gasteiger partial charge in [0.2, 0.25) is 10.0 Å². The summed E-state index contributed by atoms with van der Waals surface area (Å²) in [7, 11) is -2.14. The molecule has 24 heavy (non-hydrogen) atoms. The molecule has 0 spiro atoms. The van der Waals surface area contributed by atoms with Crippen LogP contribution in [0, 0.1) is 6.92 Å². The molecule has 0 unspecified atom stereocenters. The van der Waals surface area contributed by atoms with E-state index < -0.39 is 15.8 Å². The van der Waals surface area contributed by atoms with Crippen molar-refractivity contribution in [3.63, 3.8) is 0 Å². The molecular weight excluding hydrogens is 332 g/mol. The molecule has 0 saturated heterocycles. The number of aromatic amines is 1. The SMILES string of the molecule is COc1ccc(S(=O)(=O)NCc2ccc3oc(=O)[nH]c3c2)c(C)c1. The first-order chi connectivity index (χ1) is 11.4. The molecule has 0 aliphatic heterocycles. The Kier molecular flexibility index (Phi) is 4.16. The Labute approximate surface area is 138 Å². The van der Waals surface area contributed by atoms with E-state index in [9.17, 15) is 13.2 Å². The number of methoxy groups -OCH3 is 1. The van der Waals surface area contributed by atoms with E-state index in [1.807, 2.05) is 0 Å². The number of rotatable bonds is 5. The maximum absolute atomic E-state index is 12.5. The molecular formula is C16H16N2O5S. The number of hydrogen-bond acceptors (Lipinski definition) is 5.